The number of hydrogen-bond acceptors (Lipinski definition) is 7. The van der Waals surface area contributed by atoms with Gasteiger partial charge < -0.3 is 19.9 Å². The molecule has 3 amide bonds. The highest BCUT2D eigenvalue weighted by Gasteiger charge is 2.42. The van der Waals surface area contributed by atoms with Crippen molar-refractivity contribution < 1.29 is 33.8 Å². The lowest BCUT2D eigenvalue weighted by atomic mass is 10.0. The third kappa shape index (κ3) is 5.63. The number of phenols is 1. The summed E-state index contributed by atoms with van der Waals surface area (Å²) in [6.45, 7) is -0.0383. The fourth-order valence-electron chi connectivity index (χ4n) is 3.42. The molecule has 1 saturated heterocycles. The maximum Gasteiger partial charge on any atom is 0.417 e. The molecule has 9 nitrogen and oxygen atoms in total. The third-order valence-corrected chi connectivity index (χ3v) is 5.09. The number of rotatable bonds is 7. The van der Waals surface area contributed by atoms with Gasteiger partial charge in [-0.3, -0.25) is 9.59 Å². The minimum absolute atomic E-state index is 0.0133. The van der Waals surface area contributed by atoms with Crippen LogP contribution in [0.25, 0.3) is 0 Å². The van der Waals surface area contributed by atoms with E-state index in [4.69, 9.17) is 9.47 Å². The van der Waals surface area contributed by atoms with E-state index in [0.717, 1.165) is 10.5 Å². The van der Waals surface area contributed by atoms with Crippen LogP contribution in [-0.4, -0.2) is 53.1 Å². The number of benzene rings is 2. The van der Waals surface area contributed by atoms with E-state index in [9.17, 15) is 24.3 Å². The van der Waals surface area contributed by atoms with Gasteiger partial charge in [0.15, 0.2) is 0 Å². The van der Waals surface area contributed by atoms with Crippen LogP contribution in [-0.2, 0) is 36.9 Å². The summed E-state index contributed by atoms with van der Waals surface area (Å²) in [5, 5.41) is 12.0. The molecule has 32 heavy (non-hydrogen) atoms. The molecule has 2 aromatic rings. The molecule has 0 aliphatic carbocycles. The number of amides is 3. The second kappa shape index (κ2) is 10.4. The lowest BCUT2D eigenvalue weighted by Gasteiger charge is -2.24. The Morgan fingerprint density at radius 2 is 1.78 bits per heavy atom. The van der Waals surface area contributed by atoms with Crippen LogP contribution in [0.4, 0.5) is 4.79 Å². The second-order valence-corrected chi connectivity index (χ2v) is 7.31. The molecular formula is C23H24N2O7. The van der Waals surface area contributed by atoms with Crippen molar-refractivity contribution in [1.29, 1.82) is 0 Å². The summed E-state index contributed by atoms with van der Waals surface area (Å²) in [5.74, 6) is -1.77. The van der Waals surface area contributed by atoms with Crippen LogP contribution < -0.4 is 5.32 Å². The van der Waals surface area contributed by atoms with E-state index in [1.807, 2.05) is 6.07 Å². The van der Waals surface area contributed by atoms with Gasteiger partial charge >= 0.3 is 12.1 Å². The number of nitrogens with one attached hydrogen (secondary N) is 1. The molecule has 0 radical (unpaired) electrons. The molecule has 3 rings (SSSR count). The molecule has 0 aromatic heterocycles. The average Bonchev–Trinajstić information content (AvgIpc) is 3.20. The van der Waals surface area contributed by atoms with Gasteiger partial charge in [-0.05, 0) is 29.7 Å². The molecule has 1 aliphatic rings. The summed E-state index contributed by atoms with van der Waals surface area (Å²) in [6, 6.07) is 13.0. The van der Waals surface area contributed by atoms with Crippen molar-refractivity contribution in [3.05, 3.63) is 65.7 Å². The quantitative estimate of drug-likeness (QED) is 0.631. The van der Waals surface area contributed by atoms with E-state index in [1.54, 1.807) is 36.4 Å². The number of carbonyl (C=O) groups is 4. The van der Waals surface area contributed by atoms with Crippen LogP contribution >= 0.6 is 0 Å². The first-order chi connectivity index (χ1) is 15.4. The van der Waals surface area contributed by atoms with Gasteiger partial charge in [0.2, 0.25) is 11.8 Å². The maximum atomic E-state index is 12.9. The number of imide groups is 1. The molecule has 2 aromatic carbocycles. The molecule has 2 N–H and O–H groups in total. The largest absolute Gasteiger partial charge is 0.508 e. The first kappa shape index (κ1) is 22.8. The van der Waals surface area contributed by atoms with Crippen molar-refractivity contribution >= 4 is 23.9 Å². The van der Waals surface area contributed by atoms with Crippen LogP contribution in [0, 0.1) is 0 Å². The Labute approximate surface area is 184 Å². The molecule has 0 saturated carbocycles. The minimum Gasteiger partial charge on any atom is -0.508 e. The summed E-state index contributed by atoms with van der Waals surface area (Å²) in [4.78, 5) is 50.7. The third-order valence-electron chi connectivity index (χ3n) is 5.09. The monoisotopic (exact) mass is 440 g/mol. The summed E-state index contributed by atoms with van der Waals surface area (Å²) >= 11 is 0. The van der Waals surface area contributed by atoms with Crippen molar-refractivity contribution in [2.75, 3.05) is 7.11 Å². The number of carbonyl (C=O) groups excluding carboxylic acids is 4. The summed E-state index contributed by atoms with van der Waals surface area (Å²) < 4.78 is 9.99. The van der Waals surface area contributed by atoms with Gasteiger partial charge in [0.05, 0.1) is 7.11 Å². The van der Waals surface area contributed by atoms with Crippen molar-refractivity contribution in [2.45, 2.75) is 38.0 Å². The molecule has 0 unspecified atom stereocenters. The van der Waals surface area contributed by atoms with Gasteiger partial charge in [-0.15, -0.1) is 0 Å². The number of nitrogens with zero attached hydrogens (tertiary/aromatic N) is 1. The lowest BCUT2D eigenvalue weighted by molar-refractivity contribution is -0.145. The Morgan fingerprint density at radius 3 is 2.44 bits per heavy atom. The Hall–Kier alpha value is -3.88. The summed E-state index contributed by atoms with van der Waals surface area (Å²) in [5.41, 5.74) is 1.42. The number of likely N-dealkylation sites (tertiary alicyclic amines) is 1. The predicted octanol–water partition coefficient (Wildman–Crippen LogP) is 1.92. The van der Waals surface area contributed by atoms with Gasteiger partial charge in [0.25, 0.3) is 0 Å². The molecule has 1 fully saturated rings. The molecule has 1 aliphatic heterocycles. The fraction of sp³-hybridized carbons (Fsp3) is 0.304. The van der Waals surface area contributed by atoms with Gasteiger partial charge in [0.1, 0.15) is 24.4 Å². The van der Waals surface area contributed by atoms with E-state index in [0.29, 0.717) is 5.56 Å². The highest BCUT2D eigenvalue weighted by atomic mass is 16.6. The number of hydrogen-bond donors (Lipinski definition) is 2. The van der Waals surface area contributed by atoms with Gasteiger partial charge in [0, 0.05) is 12.8 Å². The molecule has 0 spiro atoms. The molecule has 2 atom stereocenters. The number of aromatic hydroxyl groups is 1. The number of ether oxygens (including phenoxy) is 2. The van der Waals surface area contributed by atoms with E-state index in [2.05, 4.69) is 5.32 Å². The van der Waals surface area contributed by atoms with Crippen molar-refractivity contribution in [3.63, 3.8) is 0 Å². The molecular weight excluding hydrogens is 416 g/mol. The zero-order valence-corrected chi connectivity index (χ0v) is 17.5. The zero-order valence-electron chi connectivity index (χ0n) is 17.5. The Bertz CT molecular complexity index is 976. The van der Waals surface area contributed by atoms with Crippen LogP contribution in [0.2, 0.25) is 0 Å². The smallest absolute Gasteiger partial charge is 0.417 e. The summed E-state index contributed by atoms with van der Waals surface area (Å²) in [7, 11) is 1.20. The lowest BCUT2D eigenvalue weighted by Crippen LogP contribution is -2.52. The number of esters is 1. The number of phenolic OH excluding ortho intramolecular Hbond substituents is 1. The molecule has 9 heteroatoms. The maximum absolute atomic E-state index is 12.9. The predicted molar refractivity (Wildman–Crippen MR) is 112 cm³/mol. The minimum atomic E-state index is -1.09. The van der Waals surface area contributed by atoms with Crippen molar-refractivity contribution in [3.8, 4) is 5.75 Å². The zero-order chi connectivity index (χ0) is 23.1. The Kier molecular flexibility index (Phi) is 7.43. The molecule has 1 heterocycles. The van der Waals surface area contributed by atoms with E-state index >= 15 is 0 Å². The van der Waals surface area contributed by atoms with Crippen molar-refractivity contribution in [1.82, 2.24) is 10.2 Å². The van der Waals surface area contributed by atoms with Gasteiger partial charge in [-0.1, -0.05) is 42.5 Å². The van der Waals surface area contributed by atoms with Gasteiger partial charge in [-0.2, -0.15) is 0 Å². The SMILES string of the molecule is COC(=O)[C@@H](Cc1ccc(O)cc1)NC(=O)[C@@H]1CCC(=O)N1C(=O)OCc1ccccc1. The topological polar surface area (TPSA) is 122 Å². The Morgan fingerprint density at radius 1 is 1.09 bits per heavy atom. The van der Waals surface area contributed by atoms with Crippen molar-refractivity contribution in [2.24, 2.45) is 0 Å². The summed E-state index contributed by atoms with van der Waals surface area (Å²) in [6.07, 6.45) is -0.667. The second-order valence-electron chi connectivity index (χ2n) is 7.31. The van der Waals surface area contributed by atoms with Crippen LogP contribution in [0.15, 0.2) is 54.6 Å². The highest BCUT2D eigenvalue weighted by Crippen LogP contribution is 2.21. The Balaban J connectivity index is 1.67. The van der Waals surface area contributed by atoms with Gasteiger partial charge in [-0.25, -0.2) is 14.5 Å². The average molecular weight is 440 g/mol. The first-order valence-electron chi connectivity index (χ1n) is 10.1. The highest BCUT2D eigenvalue weighted by molar-refractivity contribution is 6.01. The fourth-order valence-corrected chi connectivity index (χ4v) is 3.42. The standard InChI is InChI=1S/C23H24N2O7/c1-31-22(29)18(13-15-7-9-17(26)10-8-15)24-21(28)19-11-12-20(27)25(19)23(30)32-14-16-5-3-2-4-6-16/h2-10,18-19,26H,11-14H2,1H3,(H,24,28)/t18-,19+/m1/s1. The number of methoxy groups -OCH3 is 1. The van der Waals surface area contributed by atoms with E-state index < -0.39 is 36.0 Å². The van der Waals surface area contributed by atoms with E-state index in [1.165, 1.54) is 19.2 Å². The van der Waals surface area contributed by atoms with Crippen LogP contribution in [0.3, 0.4) is 0 Å². The molecule has 168 valence electrons. The van der Waals surface area contributed by atoms with Crippen LogP contribution in [0.5, 0.6) is 5.75 Å². The normalized spacial score (nSPS) is 16.3. The van der Waals surface area contributed by atoms with Crippen LogP contribution in [0.1, 0.15) is 24.0 Å². The van der Waals surface area contributed by atoms with E-state index in [-0.39, 0.29) is 31.6 Å². The first-order valence-corrected chi connectivity index (χ1v) is 10.1. The molecule has 0 bridgehead atoms.